The van der Waals surface area contributed by atoms with Crippen molar-refractivity contribution in [3.8, 4) is 10.6 Å². The lowest BCUT2D eigenvalue weighted by Gasteiger charge is -2.05. The van der Waals surface area contributed by atoms with Crippen molar-refractivity contribution in [1.82, 2.24) is 20.4 Å². The van der Waals surface area contributed by atoms with Crippen LogP contribution in [0, 0.1) is 0 Å². The summed E-state index contributed by atoms with van der Waals surface area (Å²) in [6.07, 6.45) is 1.77. The first kappa shape index (κ1) is 17.9. The quantitative estimate of drug-likeness (QED) is 0.629. The molecule has 2 heterocycles. The molecule has 0 atom stereocenters. The summed E-state index contributed by atoms with van der Waals surface area (Å²) >= 11 is 1.55. The van der Waals surface area contributed by atoms with Crippen LogP contribution < -0.4 is 10.6 Å². The number of nitrogens with one attached hydrogen (secondary N) is 2. The van der Waals surface area contributed by atoms with E-state index >= 15 is 0 Å². The molecule has 0 spiro atoms. The van der Waals surface area contributed by atoms with Crippen LogP contribution in [-0.2, 0) is 11.3 Å². The van der Waals surface area contributed by atoms with Crippen LogP contribution in [0.3, 0.4) is 0 Å². The minimum absolute atomic E-state index is 0.116. The molecular weight excluding hydrogens is 348 g/mol. The number of hydrogen-bond acceptors (Lipinski definition) is 4. The summed E-state index contributed by atoms with van der Waals surface area (Å²) in [7, 11) is 0. The molecule has 0 aliphatic carbocycles. The number of aromatic nitrogens is 2. The summed E-state index contributed by atoms with van der Waals surface area (Å²) < 4.78 is 1.78. The van der Waals surface area contributed by atoms with E-state index in [2.05, 4.69) is 15.7 Å². The van der Waals surface area contributed by atoms with E-state index in [-0.39, 0.29) is 11.8 Å². The van der Waals surface area contributed by atoms with Gasteiger partial charge in [-0.3, -0.25) is 14.3 Å². The highest BCUT2D eigenvalue weighted by atomic mass is 32.1. The maximum atomic E-state index is 12.6. The van der Waals surface area contributed by atoms with Crippen molar-refractivity contribution in [2.45, 2.75) is 13.5 Å². The number of hydrogen-bond donors (Lipinski definition) is 2. The Morgan fingerprint density at radius 3 is 2.54 bits per heavy atom. The van der Waals surface area contributed by atoms with E-state index in [0.29, 0.717) is 30.9 Å². The van der Waals surface area contributed by atoms with Gasteiger partial charge < -0.3 is 10.6 Å². The van der Waals surface area contributed by atoms with E-state index in [1.54, 1.807) is 22.2 Å². The summed E-state index contributed by atoms with van der Waals surface area (Å²) in [6, 6.07) is 13.9. The van der Waals surface area contributed by atoms with Gasteiger partial charge in [-0.2, -0.15) is 5.10 Å². The lowest BCUT2D eigenvalue weighted by molar-refractivity contribution is -0.118. The van der Waals surface area contributed by atoms with Gasteiger partial charge in [-0.1, -0.05) is 36.4 Å². The number of rotatable bonds is 7. The van der Waals surface area contributed by atoms with Gasteiger partial charge in [0.25, 0.3) is 5.91 Å². The highest BCUT2D eigenvalue weighted by Crippen LogP contribution is 2.27. The Morgan fingerprint density at radius 1 is 1.08 bits per heavy atom. The number of thiophene rings is 1. The molecule has 1 aromatic carbocycles. The van der Waals surface area contributed by atoms with Crippen molar-refractivity contribution >= 4 is 23.2 Å². The SMILES string of the molecule is CC(=O)NCCNC(=O)c1cn(Cc2ccccc2)nc1-c1cccs1. The molecule has 0 aliphatic rings. The van der Waals surface area contributed by atoms with Crippen LogP contribution in [0.15, 0.2) is 54.0 Å². The normalized spacial score (nSPS) is 10.5. The van der Waals surface area contributed by atoms with Gasteiger partial charge in [-0.25, -0.2) is 0 Å². The predicted octanol–water partition coefficient (Wildman–Crippen LogP) is 2.53. The third-order valence-corrected chi connectivity index (χ3v) is 4.61. The lowest BCUT2D eigenvalue weighted by Crippen LogP contribution is -2.33. The molecule has 2 N–H and O–H groups in total. The molecule has 0 radical (unpaired) electrons. The van der Waals surface area contributed by atoms with Crippen molar-refractivity contribution in [3.05, 3.63) is 65.2 Å². The van der Waals surface area contributed by atoms with Crippen molar-refractivity contribution < 1.29 is 9.59 Å². The second kappa shape index (κ2) is 8.44. The third kappa shape index (κ3) is 4.58. The fraction of sp³-hybridized carbons (Fsp3) is 0.211. The number of nitrogens with zero attached hydrogens (tertiary/aromatic N) is 2. The molecule has 0 fully saturated rings. The van der Waals surface area contributed by atoms with E-state index < -0.39 is 0 Å². The molecule has 2 amide bonds. The van der Waals surface area contributed by atoms with Gasteiger partial charge in [0, 0.05) is 26.2 Å². The molecular formula is C19H20N4O2S. The first-order valence-corrected chi connectivity index (χ1v) is 9.19. The maximum absolute atomic E-state index is 12.6. The second-order valence-electron chi connectivity index (χ2n) is 5.79. The van der Waals surface area contributed by atoms with Crippen molar-refractivity contribution in [3.63, 3.8) is 0 Å². The average molecular weight is 368 g/mol. The minimum Gasteiger partial charge on any atom is -0.355 e. The minimum atomic E-state index is -0.196. The Kier molecular flexibility index (Phi) is 5.80. The highest BCUT2D eigenvalue weighted by Gasteiger charge is 2.18. The van der Waals surface area contributed by atoms with Crippen molar-refractivity contribution in [2.24, 2.45) is 0 Å². The Morgan fingerprint density at radius 2 is 1.85 bits per heavy atom. The number of carbonyl (C=O) groups excluding carboxylic acids is 2. The van der Waals surface area contributed by atoms with Crippen LogP contribution in [0.25, 0.3) is 10.6 Å². The molecule has 6 nitrogen and oxygen atoms in total. The highest BCUT2D eigenvalue weighted by molar-refractivity contribution is 7.13. The summed E-state index contributed by atoms with van der Waals surface area (Å²) in [5.74, 6) is -0.313. The molecule has 2 aromatic heterocycles. The zero-order valence-electron chi connectivity index (χ0n) is 14.4. The first-order valence-electron chi connectivity index (χ1n) is 8.31. The van der Waals surface area contributed by atoms with Gasteiger partial charge in [0.05, 0.1) is 17.0 Å². The van der Waals surface area contributed by atoms with Crippen LogP contribution in [0.1, 0.15) is 22.8 Å². The maximum Gasteiger partial charge on any atom is 0.255 e. The standard InChI is InChI=1S/C19H20N4O2S/c1-14(24)20-9-10-21-19(25)16-13-23(12-15-6-3-2-4-7-15)22-18(16)17-8-5-11-26-17/h2-8,11,13H,9-10,12H2,1H3,(H,20,24)(H,21,25). The summed E-state index contributed by atoms with van der Waals surface area (Å²) in [4.78, 5) is 24.5. The third-order valence-electron chi connectivity index (χ3n) is 3.73. The molecule has 0 saturated heterocycles. The van der Waals surface area contributed by atoms with Gasteiger partial charge in [0.2, 0.25) is 5.91 Å². The van der Waals surface area contributed by atoms with Crippen LogP contribution in [0.5, 0.6) is 0 Å². The van der Waals surface area contributed by atoms with Crippen LogP contribution in [0.4, 0.5) is 0 Å². The fourth-order valence-corrected chi connectivity index (χ4v) is 3.27. The summed E-state index contributed by atoms with van der Waals surface area (Å²) in [5.41, 5.74) is 2.32. The Hall–Kier alpha value is -2.93. The zero-order chi connectivity index (χ0) is 18.4. The molecule has 26 heavy (non-hydrogen) atoms. The first-order chi connectivity index (χ1) is 12.6. The molecule has 0 bridgehead atoms. The van der Waals surface area contributed by atoms with E-state index in [1.807, 2.05) is 47.8 Å². The Labute approximate surface area is 155 Å². The smallest absolute Gasteiger partial charge is 0.255 e. The van der Waals surface area contributed by atoms with Crippen LogP contribution >= 0.6 is 11.3 Å². The molecule has 0 aliphatic heterocycles. The van der Waals surface area contributed by atoms with Gasteiger partial charge in [-0.15, -0.1) is 11.3 Å². The van der Waals surface area contributed by atoms with Gasteiger partial charge in [0.1, 0.15) is 5.69 Å². The lowest BCUT2D eigenvalue weighted by atomic mass is 10.2. The van der Waals surface area contributed by atoms with Gasteiger partial charge in [0.15, 0.2) is 0 Å². The topological polar surface area (TPSA) is 76.0 Å². The van der Waals surface area contributed by atoms with Crippen LogP contribution in [-0.4, -0.2) is 34.7 Å². The molecule has 134 valence electrons. The number of amides is 2. The van der Waals surface area contributed by atoms with Crippen molar-refractivity contribution in [1.29, 1.82) is 0 Å². The zero-order valence-corrected chi connectivity index (χ0v) is 15.3. The molecule has 3 aromatic rings. The number of carbonyl (C=O) groups is 2. The Balaban J connectivity index is 1.78. The fourth-order valence-electron chi connectivity index (χ4n) is 2.54. The van der Waals surface area contributed by atoms with E-state index in [1.165, 1.54) is 6.92 Å². The Bertz CT molecular complexity index is 872. The molecule has 3 rings (SSSR count). The predicted molar refractivity (Wildman–Crippen MR) is 102 cm³/mol. The molecule has 0 unspecified atom stereocenters. The molecule has 7 heteroatoms. The second-order valence-corrected chi connectivity index (χ2v) is 6.74. The van der Waals surface area contributed by atoms with Gasteiger partial charge >= 0.3 is 0 Å². The van der Waals surface area contributed by atoms with Crippen LogP contribution in [0.2, 0.25) is 0 Å². The van der Waals surface area contributed by atoms with E-state index in [0.717, 1.165) is 10.4 Å². The summed E-state index contributed by atoms with van der Waals surface area (Å²) in [6.45, 7) is 2.81. The summed E-state index contributed by atoms with van der Waals surface area (Å²) in [5, 5.41) is 12.1. The van der Waals surface area contributed by atoms with E-state index in [4.69, 9.17) is 0 Å². The molecule has 0 saturated carbocycles. The van der Waals surface area contributed by atoms with Gasteiger partial charge in [-0.05, 0) is 17.0 Å². The monoisotopic (exact) mass is 368 g/mol. The van der Waals surface area contributed by atoms with E-state index in [9.17, 15) is 9.59 Å². The van der Waals surface area contributed by atoms with Crippen molar-refractivity contribution in [2.75, 3.05) is 13.1 Å². The average Bonchev–Trinajstić information content (AvgIpc) is 3.28. The number of benzene rings is 1. The largest absolute Gasteiger partial charge is 0.355 e.